The first kappa shape index (κ1) is 16.0. The molecule has 114 valence electrons. The Bertz CT molecular complexity index is 411. The van der Waals surface area contributed by atoms with E-state index in [-0.39, 0.29) is 5.54 Å². The van der Waals surface area contributed by atoms with Crippen molar-refractivity contribution in [3.63, 3.8) is 0 Å². The Morgan fingerprint density at radius 2 is 2.10 bits per heavy atom. The smallest absolute Gasteiger partial charge is 0.0698 e. The molecule has 0 bridgehead atoms. The molecule has 0 saturated carbocycles. The van der Waals surface area contributed by atoms with Gasteiger partial charge in [-0.25, -0.2) is 0 Å². The third kappa shape index (κ3) is 5.17. The molecule has 0 radical (unpaired) electrons. The predicted molar refractivity (Wildman–Crippen MR) is 86.2 cm³/mol. The molecule has 0 amide bonds. The van der Waals surface area contributed by atoms with Crippen LogP contribution in [-0.4, -0.2) is 36.7 Å². The van der Waals surface area contributed by atoms with Gasteiger partial charge in [-0.2, -0.15) is 0 Å². The first-order chi connectivity index (χ1) is 9.46. The normalized spacial score (nSPS) is 21.3. The first-order valence-corrected chi connectivity index (χ1v) is 8.36. The van der Waals surface area contributed by atoms with Gasteiger partial charge in [0.25, 0.3) is 0 Å². The maximum Gasteiger partial charge on any atom is 0.0698 e. The average molecular weight is 296 g/mol. The van der Waals surface area contributed by atoms with Crippen molar-refractivity contribution < 1.29 is 4.74 Å². The summed E-state index contributed by atoms with van der Waals surface area (Å²) in [6.45, 7) is 10.9. The molecule has 0 spiro atoms. The fourth-order valence-corrected chi connectivity index (χ4v) is 3.52. The van der Waals surface area contributed by atoms with E-state index in [4.69, 9.17) is 4.74 Å². The molecule has 1 fully saturated rings. The number of piperidine rings is 1. The molecule has 1 N–H and O–H groups in total. The van der Waals surface area contributed by atoms with Gasteiger partial charge in [-0.1, -0.05) is 0 Å². The van der Waals surface area contributed by atoms with E-state index in [1.807, 2.05) is 18.4 Å². The van der Waals surface area contributed by atoms with Gasteiger partial charge >= 0.3 is 0 Å². The van der Waals surface area contributed by atoms with Crippen LogP contribution in [0, 0.1) is 0 Å². The average Bonchev–Trinajstić information content (AvgIpc) is 2.83. The lowest BCUT2D eigenvalue weighted by atomic mass is 10.1. The van der Waals surface area contributed by atoms with Crippen LogP contribution < -0.4 is 5.32 Å². The van der Waals surface area contributed by atoms with Gasteiger partial charge < -0.3 is 10.1 Å². The van der Waals surface area contributed by atoms with Crippen molar-refractivity contribution in [3.8, 4) is 0 Å². The van der Waals surface area contributed by atoms with E-state index in [2.05, 4.69) is 43.1 Å². The minimum Gasteiger partial charge on any atom is -0.380 e. The number of rotatable bonds is 5. The van der Waals surface area contributed by atoms with Gasteiger partial charge in [-0.15, -0.1) is 11.3 Å². The minimum atomic E-state index is 0.183. The zero-order valence-corrected chi connectivity index (χ0v) is 14.1. The monoisotopic (exact) mass is 296 g/mol. The third-order valence-electron chi connectivity index (χ3n) is 3.69. The summed E-state index contributed by atoms with van der Waals surface area (Å²) in [5.74, 6) is 0. The van der Waals surface area contributed by atoms with Crippen LogP contribution in [0.5, 0.6) is 0 Å². The lowest BCUT2D eigenvalue weighted by Crippen LogP contribution is -2.38. The topological polar surface area (TPSA) is 24.5 Å². The van der Waals surface area contributed by atoms with E-state index in [1.165, 1.54) is 29.1 Å². The van der Waals surface area contributed by atoms with Crippen molar-refractivity contribution >= 4 is 11.3 Å². The number of methoxy groups -OCH3 is 1. The number of nitrogens with one attached hydrogen (secondary N) is 1. The summed E-state index contributed by atoms with van der Waals surface area (Å²) in [6, 6.07) is 4.54. The molecule has 1 aliphatic rings. The Hall–Kier alpha value is -0.420. The van der Waals surface area contributed by atoms with Crippen molar-refractivity contribution in [2.45, 2.75) is 58.3 Å². The second-order valence-electron chi connectivity index (χ2n) is 6.71. The van der Waals surface area contributed by atoms with Crippen molar-refractivity contribution in [2.75, 3.05) is 20.2 Å². The summed E-state index contributed by atoms with van der Waals surface area (Å²) < 4.78 is 5.49. The van der Waals surface area contributed by atoms with E-state index in [0.29, 0.717) is 6.10 Å². The summed E-state index contributed by atoms with van der Waals surface area (Å²) in [5.41, 5.74) is 0.183. The van der Waals surface area contributed by atoms with Gasteiger partial charge in [-0.05, 0) is 52.3 Å². The number of hydrogen-bond acceptors (Lipinski definition) is 4. The van der Waals surface area contributed by atoms with Crippen LogP contribution in [0.25, 0.3) is 0 Å². The Labute approximate surface area is 127 Å². The van der Waals surface area contributed by atoms with Gasteiger partial charge in [-0.3, -0.25) is 4.90 Å². The van der Waals surface area contributed by atoms with Crippen molar-refractivity contribution in [1.82, 2.24) is 10.2 Å². The van der Waals surface area contributed by atoms with Crippen LogP contribution in [0.2, 0.25) is 0 Å². The maximum absolute atomic E-state index is 5.49. The first-order valence-electron chi connectivity index (χ1n) is 7.54. The molecule has 2 heterocycles. The molecule has 1 aromatic heterocycles. The number of hydrogen-bond donors (Lipinski definition) is 1. The van der Waals surface area contributed by atoms with Gasteiger partial charge in [0.2, 0.25) is 0 Å². The van der Waals surface area contributed by atoms with Crippen molar-refractivity contribution in [2.24, 2.45) is 0 Å². The second-order valence-corrected chi connectivity index (χ2v) is 7.96. The van der Waals surface area contributed by atoms with Gasteiger partial charge in [0.1, 0.15) is 0 Å². The molecule has 1 unspecified atom stereocenters. The Morgan fingerprint density at radius 1 is 1.35 bits per heavy atom. The van der Waals surface area contributed by atoms with Crippen LogP contribution in [0.1, 0.15) is 43.4 Å². The largest absolute Gasteiger partial charge is 0.380 e. The van der Waals surface area contributed by atoms with E-state index in [0.717, 1.165) is 19.6 Å². The minimum absolute atomic E-state index is 0.183. The molecule has 0 aliphatic carbocycles. The highest BCUT2D eigenvalue weighted by Gasteiger charge is 2.19. The van der Waals surface area contributed by atoms with Crippen LogP contribution in [0.4, 0.5) is 0 Å². The lowest BCUT2D eigenvalue weighted by Gasteiger charge is -2.31. The van der Waals surface area contributed by atoms with Crippen molar-refractivity contribution in [1.29, 1.82) is 0 Å². The highest BCUT2D eigenvalue weighted by atomic mass is 32.1. The summed E-state index contributed by atoms with van der Waals surface area (Å²) in [5, 5.41) is 3.55. The van der Waals surface area contributed by atoms with Crippen molar-refractivity contribution in [3.05, 3.63) is 21.9 Å². The van der Waals surface area contributed by atoms with E-state index < -0.39 is 0 Å². The molecule has 3 nitrogen and oxygen atoms in total. The molecular weight excluding hydrogens is 268 g/mol. The Balaban J connectivity index is 1.83. The predicted octanol–water partition coefficient (Wildman–Crippen LogP) is 3.25. The number of likely N-dealkylation sites (tertiary alicyclic amines) is 1. The third-order valence-corrected chi connectivity index (χ3v) is 4.76. The quantitative estimate of drug-likeness (QED) is 0.903. The van der Waals surface area contributed by atoms with Gasteiger partial charge in [0, 0.05) is 42.0 Å². The molecule has 1 aliphatic heterocycles. The molecule has 20 heavy (non-hydrogen) atoms. The highest BCUT2D eigenvalue weighted by molar-refractivity contribution is 7.11. The standard InChI is InChI=1S/C16H28N2OS/c1-16(2,3)17-10-14-7-8-15(20-14)12-18-9-5-6-13(11-18)19-4/h7-8,13,17H,5-6,9-12H2,1-4H3. The van der Waals surface area contributed by atoms with Crippen LogP contribution in [0.15, 0.2) is 12.1 Å². The second kappa shape index (κ2) is 7.03. The maximum atomic E-state index is 5.49. The number of ether oxygens (including phenoxy) is 1. The van der Waals surface area contributed by atoms with Crippen LogP contribution in [0.3, 0.4) is 0 Å². The van der Waals surface area contributed by atoms with Crippen LogP contribution in [-0.2, 0) is 17.8 Å². The molecule has 1 atom stereocenters. The van der Waals surface area contributed by atoms with E-state index in [9.17, 15) is 0 Å². The van der Waals surface area contributed by atoms with E-state index in [1.54, 1.807) is 0 Å². The molecule has 4 heteroatoms. The van der Waals surface area contributed by atoms with E-state index >= 15 is 0 Å². The molecule has 1 saturated heterocycles. The summed E-state index contributed by atoms with van der Waals surface area (Å²) in [7, 11) is 1.83. The zero-order chi connectivity index (χ0) is 14.6. The lowest BCUT2D eigenvalue weighted by molar-refractivity contribution is 0.0289. The SMILES string of the molecule is COC1CCCN(Cc2ccc(CNC(C)(C)C)s2)C1. The fraction of sp³-hybridized carbons (Fsp3) is 0.750. The molecule has 0 aromatic carbocycles. The summed E-state index contributed by atoms with van der Waals surface area (Å²) in [6.07, 6.45) is 2.88. The van der Waals surface area contributed by atoms with Gasteiger partial charge in [0.05, 0.1) is 6.10 Å². The Kier molecular flexibility index (Phi) is 5.61. The van der Waals surface area contributed by atoms with Gasteiger partial charge in [0.15, 0.2) is 0 Å². The molecule has 1 aromatic rings. The highest BCUT2D eigenvalue weighted by Crippen LogP contribution is 2.21. The molecule has 2 rings (SSSR count). The zero-order valence-electron chi connectivity index (χ0n) is 13.2. The molecular formula is C16H28N2OS. The van der Waals surface area contributed by atoms with Crippen LogP contribution >= 0.6 is 11.3 Å². The summed E-state index contributed by atoms with van der Waals surface area (Å²) in [4.78, 5) is 5.41. The Morgan fingerprint density at radius 3 is 2.80 bits per heavy atom. The summed E-state index contributed by atoms with van der Waals surface area (Å²) >= 11 is 1.93. The fourth-order valence-electron chi connectivity index (χ4n) is 2.52. The number of nitrogens with zero attached hydrogens (tertiary/aromatic N) is 1. The number of thiophene rings is 1.